The molecule has 2 fully saturated rings. The minimum atomic E-state index is -0.880. The summed E-state index contributed by atoms with van der Waals surface area (Å²) in [6, 6.07) is 17.6. The standard InChI is InChI=1S/C28H32N4O3S/c1-35-23-8-3-2-6-21(23)20-11-18-32(19-12-20)27(34)28(13-16-29-17-14-28)31-26(33)25-10-9-24(36-25)22-7-4-5-15-30-22/h2-10,15,20,29H,11-14,16-19H2,1H3,(H,31,33). The van der Waals surface area contributed by atoms with E-state index in [1.54, 1.807) is 13.3 Å². The van der Waals surface area contributed by atoms with Gasteiger partial charge in [-0.15, -0.1) is 11.3 Å². The predicted octanol–water partition coefficient (Wildman–Crippen LogP) is 4.08. The van der Waals surface area contributed by atoms with Gasteiger partial charge in [-0.2, -0.15) is 0 Å². The number of ether oxygens (including phenoxy) is 1. The molecule has 0 radical (unpaired) electrons. The molecule has 2 aliphatic heterocycles. The maximum Gasteiger partial charge on any atom is 0.262 e. The van der Waals surface area contributed by atoms with E-state index in [2.05, 4.69) is 21.7 Å². The lowest BCUT2D eigenvalue weighted by molar-refractivity contribution is -0.140. The second-order valence-corrected chi connectivity index (χ2v) is 10.6. The Kier molecular flexibility index (Phi) is 7.34. The Morgan fingerprint density at radius 3 is 2.53 bits per heavy atom. The van der Waals surface area contributed by atoms with E-state index in [4.69, 9.17) is 4.74 Å². The first kappa shape index (κ1) is 24.5. The van der Waals surface area contributed by atoms with Gasteiger partial charge in [-0.3, -0.25) is 14.6 Å². The van der Waals surface area contributed by atoms with Gasteiger partial charge in [0.05, 0.1) is 22.6 Å². The summed E-state index contributed by atoms with van der Waals surface area (Å²) in [4.78, 5) is 35.1. The van der Waals surface area contributed by atoms with Crippen molar-refractivity contribution in [1.29, 1.82) is 0 Å². The number of nitrogens with one attached hydrogen (secondary N) is 2. The molecule has 2 saturated heterocycles. The molecule has 2 aromatic heterocycles. The van der Waals surface area contributed by atoms with Crippen molar-refractivity contribution in [2.24, 2.45) is 0 Å². The van der Waals surface area contributed by atoms with Crippen molar-refractivity contribution in [2.45, 2.75) is 37.1 Å². The number of nitrogens with zero attached hydrogens (tertiary/aromatic N) is 2. The van der Waals surface area contributed by atoms with Crippen LogP contribution in [0, 0.1) is 0 Å². The molecule has 0 aliphatic carbocycles. The lowest BCUT2D eigenvalue weighted by Gasteiger charge is -2.42. The summed E-state index contributed by atoms with van der Waals surface area (Å²) in [7, 11) is 1.70. The predicted molar refractivity (Wildman–Crippen MR) is 141 cm³/mol. The van der Waals surface area contributed by atoms with E-state index >= 15 is 0 Å². The molecule has 2 N–H and O–H groups in total. The van der Waals surface area contributed by atoms with Gasteiger partial charge in [0.15, 0.2) is 0 Å². The third-order valence-corrected chi connectivity index (χ3v) is 8.43. The van der Waals surface area contributed by atoms with Gasteiger partial charge in [-0.05, 0) is 80.6 Å². The van der Waals surface area contributed by atoms with Crippen LogP contribution in [0.2, 0.25) is 0 Å². The summed E-state index contributed by atoms with van der Waals surface area (Å²) in [6.45, 7) is 2.76. The Morgan fingerprint density at radius 2 is 1.81 bits per heavy atom. The number of aromatic nitrogens is 1. The third-order valence-electron chi connectivity index (χ3n) is 7.33. The van der Waals surface area contributed by atoms with Gasteiger partial charge < -0.3 is 20.3 Å². The smallest absolute Gasteiger partial charge is 0.262 e. The highest BCUT2D eigenvalue weighted by molar-refractivity contribution is 7.17. The monoisotopic (exact) mass is 504 g/mol. The van der Waals surface area contributed by atoms with Gasteiger partial charge in [-0.1, -0.05) is 24.3 Å². The number of carbonyl (C=O) groups excluding carboxylic acids is 2. The zero-order chi connectivity index (χ0) is 25.0. The van der Waals surface area contributed by atoms with Crippen LogP contribution >= 0.6 is 11.3 Å². The number of likely N-dealkylation sites (tertiary alicyclic amines) is 1. The van der Waals surface area contributed by atoms with Gasteiger partial charge in [0.1, 0.15) is 11.3 Å². The van der Waals surface area contributed by atoms with E-state index in [1.165, 1.54) is 16.9 Å². The van der Waals surface area contributed by atoms with E-state index in [-0.39, 0.29) is 11.8 Å². The largest absolute Gasteiger partial charge is 0.496 e. The van der Waals surface area contributed by atoms with Crippen molar-refractivity contribution >= 4 is 23.2 Å². The molecule has 3 aromatic rings. The third kappa shape index (κ3) is 5.01. The number of para-hydroxylation sites is 1. The molecular formula is C28H32N4O3S. The van der Waals surface area contributed by atoms with Crippen LogP contribution in [0.1, 0.15) is 46.8 Å². The summed E-state index contributed by atoms with van der Waals surface area (Å²) in [6.07, 6.45) is 4.68. The van der Waals surface area contributed by atoms with E-state index < -0.39 is 5.54 Å². The van der Waals surface area contributed by atoms with Gasteiger partial charge >= 0.3 is 0 Å². The SMILES string of the molecule is COc1ccccc1C1CCN(C(=O)C2(NC(=O)c3ccc(-c4ccccn4)s3)CCNCC2)CC1. The minimum absolute atomic E-state index is 0.0392. The fraction of sp³-hybridized carbons (Fsp3) is 0.393. The second kappa shape index (κ2) is 10.8. The zero-order valence-electron chi connectivity index (χ0n) is 20.5. The molecule has 188 valence electrons. The molecule has 4 heterocycles. The molecule has 0 spiro atoms. The molecule has 0 bridgehead atoms. The van der Waals surface area contributed by atoms with Crippen LogP contribution < -0.4 is 15.4 Å². The number of amides is 2. The normalized spacial score (nSPS) is 18.0. The van der Waals surface area contributed by atoms with Crippen molar-refractivity contribution < 1.29 is 14.3 Å². The maximum absolute atomic E-state index is 13.9. The number of pyridine rings is 1. The number of piperidine rings is 2. The van der Waals surface area contributed by atoms with Gasteiger partial charge in [0.2, 0.25) is 5.91 Å². The number of methoxy groups -OCH3 is 1. The first-order chi connectivity index (χ1) is 17.6. The van der Waals surface area contributed by atoms with Crippen molar-refractivity contribution in [1.82, 2.24) is 20.5 Å². The van der Waals surface area contributed by atoms with Gasteiger partial charge in [0.25, 0.3) is 5.91 Å². The van der Waals surface area contributed by atoms with Crippen LogP contribution in [0.5, 0.6) is 5.75 Å². The Balaban J connectivity index is 1.29. The Hall–Kier alpha value is -3.23. The maximum atomic E-state index is 13.9. The summed E-state index contributed by atoms with van der Waals surface area (Å²) >= 11 is 1.40. The number of hydrogen-bond acceptors (Lipinski definition) is 6. The molecule has 0 saturated carbocycles. The van der Waals surface area contributed by atoms with E-state index in [9.17, 15) is 9.59 Å². The van der Waals surface area contributed by atoms with Crippen molar-refractivity contribution in [3.05, 3.63) is 71.2 Å². The van der Waals surface area contributed by atoms with E-state index in [0.29, 0.717) is 49.8 Å². The van der Waals surface area contributed by atoms with Gasteiger partial charge in [-0.25, -0.2) is 0 Å². The molecule has 0 atom stereocenters. The first-order valence-corrected chi connectivity index (χ1v) is 13.4. The highest BCUT2D eigenvalue weighted by atomic mass is 32.1. The average molecular weight is 505 g/mol. The summed E-state index contributed by atoms with van der Waals surface area (Å²) in [5.74, 6) is 1.11. The van der Waals surface area contributed by atoms with Gasteiger partial charge in [0, 0.05) is 19.3 Å². The summed E-state index contributed by atoms with van der Waals surface area (Å²) in [5, 5.41) is 6.51. The fourth-order valence-corrected chi connectivity index (χ4v) is 6.21. The second-order valence-electron chi connectivity index (χ2n) is 9.47. The Morgan fingerprint density at radius 1 is 1.06 bits per heavy atom. The number of hydrogen-bond donors (Lipinski definition) is 2. The summed E-state index contributed by atoms with van der Waals surface area (Å²) < 4.78 is 5.56. The number of rotatable bonds is 6. The topological polar surface area (TPSA) is 83.6 Å². The Bertz CT molecular complexity index is 1200. The molecule has 2 amide bonds. The van der Waals surface area contributed by atoms with Crippen LogP contribution in [0.25, 0.3) is 10.6 Å². The van der Waals surface area contributed by atoms with Crippen molar-refractivity contribution in [3.63, 3.8) is 0 Å². The first-order valence-electron chi connectivity index (χ1n) is 12.6. The quantitative estimate of drug-likeness (QED) is 0.529. The van der Waals surface area contributed by atoms with Crippen molar-refractivity contribution in [3.8, 4) is 16.3 Å². The molecule has 5 rings (SSSR count). The number of carbonyl (C=O) groups is 2. The Labute approximate surface area is 215 Å². The van der Waals surface area contributed by atoms with Crippen LogP contribution in [0.15, 0.2) is 60.8 Å². The molecule has 7 nitrogen and oxygen atoms in total. The number of thiophene rings is 1. The minimum Gasteiger partial charge on any atom is -0.496 e. The molecule has 8 heteroatoms. The summed E-state index contributed by atoms with van der Waals surface area (Å²) in [5.41, 5.74) is 1.17. The molecule has 0 unspecified atom stereocenters. The van der Waals surface area contributed by atoms with Crippen LogP contribution in [0.4, 0.5) is 0 Å². The highest BCUT2D eigenvalue weighted by Crippen LogP contribution is 2.35. The van der Waals surface area contributed by atoms with Crippen LogP contribution in [-0.4, -0.2) is 60.5 Å². The lowest BCUT2D eigenvalue weighted by Crippen LogP contribution is -2.64. The van der Waals surface area contributed by atoms with Crippen LogP contribution in [-0.2, 0) is 4.79 Å². The van der Waals surface area contributed by atoms with Crippen molar-refractivity contribution in [2.75, 3.05) is 33.3 Å². The highest BCUT2D eigenvalue weighted by Gasteiger charge is 2.44. The zero-order valence-corrected chi connectivity index (χ0v) is 21.4. The molecule has 1 aromatic carbocycles. The van der Waals surface area contributed by atoms with E-state index in [0.717, 1.165) is 29.2 Å². The number of benzene rings is 1. The van der Waals surface area contributed by atoms with Crippen LogP contribution in [0.3, 0.4) is 0 Å². The molecule has 2 aliphatic rings. The average Bonchev–Trinajstić information content (AvgIpc) is 3.44. The molecule has 36 heavy (non-hydrogen) atoms. The lowest BCUT2D eigenvalue weighted by atomic mass is 9.84. The fourth-order valence-electron chi connectivity index (χ4n) is 5.33. The van der Waals surface area contributed by atoms with E-state index in [1.807, 2.05) is 53.4 Å². The molecular weight excluding hydrogens is 472 g/mol.